The topological polar surface area (TPSA) is 50.7 Å². The zero-order valence-electron chi connectivity index (χ0n) is 13.4. The van der Waals surface area contributed by atoms with E-state index in [2.05, 4.69) is 19.2 Å². The van der Waals surface area contributed by atoms with E-state index in [1.54, 1.807) is 7.11 Å². The fraction of sp³-hybridized carbons (Fsp3) is 1.00. The molecule has 1 aliphatic rings. The van der Waals surface area contributed by atoms with E-state index in [0.717, 1.165) is 19.3 Å². The van der Waals surface area contributed by atoms with Crippen molar-refractivity contribution in [1.29, 1.82) is 0 Å². The van der Waals surface area contributed by atoms with Gasteiger partial charge in [0.15, 0.2) is 0 Å². The second-order valence-corrected chi connectivity index (χ2v) is 6.14. The fourth-order valence-electron chi connectivity index (χ4n) is 2.92. The van der Waals surface area contributed by atoms with Crippen molar-refractivity contribution in [3.8, 4) is 0 Å². The molecule has 0 spiro atoms. The van der Waals surface area contributed by atoms with Crippen LogP contribution in [0.1, 0.15) is 52.4 Å². The molecule has 1 fully saturated rings. The molecule has 0 aromatic heterocycles. The van der Waals surface area contributed by atoms with E-state index in [1.165, 1.54) is 19.3 Å². The molecule has 1 rings (SSSR count). The monoisotopic (exact) mass is 287 g/mol. The van der Waals surface area contributed by atoms with Crippen LogP contribution in [0, 0.1) is 5.92 Å². The molecule has 4 nitrogen and oxygen atoms in total. The first-order valence-electron chi connectivity index (χ1n) is 8.19. The molecule has 0 aromatic carbocycles. The summed E-state index contributed by atoms with van der Waals surface area (Å²) in [6.07, 6.45) is 7.07. The minimum absolute atomic E-state index is 0.327. The normalized spacial score (nSPS) is 26.4. The van der Waals surface area contributed by atoms with E-state index >= 15 is 0 Å². The third-order valence-electron chi connectivity index (χ3n) is 4.18. The maximum absolute atomic E-state index is 10.0. The molecule has 4 heteroatoms. The molecular weight excluding hydrogens is 254 g/mol. The van der Waals surface area contributed by atoms with Crippen LogP contribution in [0.2, 0.25) is 0 Å². The Balaban J connectivity index is 2.16. The number of rotatable bonds is 10. The predicted molar refractivity (Wildman–Crippen MR) is 82.0 cm³/mol. The highest BCUT2D eigenvalue weighted by atomic mass is 16.5. The SMILES string of the molecule is CCCC(COC)NCC(O)COC1CCCCC1C. The van der Waals surface area contributed by atoms with Crippen LogP contribution in [0.4, 0.5) is 0 Å². The number of hydrogen-bond donors (Lipinski definition) is 2. The van der Waals surface area contributed by atoms with Crippen molar-refractivity contribution in [2.45, 2.75) is 70.6 Å². The van der Waals surface area contributed by atoms with Gasteiger partial charge in [-0.05, 0) is 25.2 Å². The van der Waals surface area contributed by atoms with Crippen LogP contribution in [-0.4, -0.2) is 50.2 Å². The molecule has 4 unspecified atom stereocenters. The summed E-state index contributed by atoms with van der Waals surface area (Å²) in [5.41, 5.74) is 0. The molecule has 20 heavy (non-hydrogen) atoms. The summed E-state index contributed by atoms with van der Waals surface area (Å²) in [7, 11) is 1.72. The van der Waals surface area contributed by atoms with Crippen molar-refractivity contribution in [3.05, 3.63) is 0 Å². The predicted octanol–water partition coefficient (Wildman–Crippen LogP) is 2.35. The number of ether oxygens (including phenoxy) is 2. The number of methoxy groups -OCH3 is 1. The quantitative estimate of drug-likeness (QED) is 0.647. The molecule has 0 heterocycles. The van der Waals surface area contributed by atoms with Gasteiger partial charge in [-0.15, -0.1) is 0 Å². The third-order valence-corrected chi connectivity index (χ3v) is 4.18. The lowest BCUT2D eigenvalue weighted by Crippen LogP contribution is -2.40. The van der Waals surface area contributed by atoms with Crippen molar-refractivity contribution < 1.29 is 14.6 Å². The van der Waals surface area contributed by atoms with Crippen molar-refractivity contribution in [3.63, 3.8) is 0 Å². The van der Waals surface area contributed by atoms with Gasteiger partial charge < -0.3 is 19.9 Å². The summed E-state index contributed by atoms with van der Waals surface area (Å²) in [6, 6.07) is 0.327. The van der Waals surface area contributed by atoms with E-state index < -0.39 is 6.10 Å². The Kier molecular flexibility index (Phi) is 9.44. The van der Waals surface area contributed by atoms with Gasteiger partial charge >= 0.3 is 0 Å². The fourth-order valence-corrected chi connectivity index (χ4v) is 2.92. The van der Waals surface area contributed by atoms with Gasteiger partial charge in [0.05, 0.1) is 25.4 Å². The lowest BCUT2D eigenvalue weighted by Gasteiger charge is -2.29. The van der Waals surface area contributed by atoms with E-state index in [0.29, 0.717) is 37.8 Å². The van der Waals surface area contributed by atoms with Crippen LogP contribution in [-0.2, 0) is 9.47 Å². The Hall–Kier alpha value is -0.160. The molecule has 0 amide bonds. The Morgan fingerprint density at radius 2 is 2.00 bits per heavy atom. The molecule has 120 valence electrons. The second-order valence-electron chi connectivity index (χ2n) is 6.14. The second kappa shape index (κ2) is 10.6. The van der Waals surface area contributed by atoms with E-state index in [1.807, 2.05) is 0 Å². The first-order chi connectivity index (χ1) is 9.67. The Morgan fingerprint density at radius 3 is 2.65 bits per heavy atom. The lowest BCUT2D eigenvalue weighted by molar-refractivity contribution is -0.0460. The summed E-state index contributed by atoms with van der Waals surface area (Å²) in [5.74, 6) is 0.630. The number of nitrogens with one attached hydrogen (secondary N) is 1. The summed E-state index contributed by atoms with van der Waals surface area (Å²) in [5, 5.41) is 13.4. The van der Waals surface area contributed by atoms with Crippen LogP contribution in [0.25, 0.3) is 0 Å². The molecule has 0 aromatic rings. The molecule has 1 aliphatic carbocycles. The number of hydrogen-bond acceptors (Lipinski definition) is 4. The Bertz CT molecular complexity index is 232. The zero-order valence-corrected chi connectivity index (χ0v) is 13.4. The molecule has 0 saturated heterocycles. The maximum Gasteiger partial charge on any atom is 0.0897 e. The first kappa shape index (κ1) is 17.9. The van der Waals surface area contributed by atoms with Gasteiger partial charge in [-0.25, -0.2) is 0 Å². The van der Waals surface area contributed by atoms with Crippen LogP contribution >= 0.6 is 0 Å². The van der Waals surface area contributed by atoms with Crippen molar-refractivity contribution in [2.24, 2.45) is 5.92 Å². The molecule has 0 radical (unpaired) electrons. The Morgan fingerprint density at radius 1 is 1.25 bits per heavy atom. The number of aliphatic hydroxyl groups excluding tert-OH is 1. The lowest BCUT2D eigenvalue weighted by atomic mass is 9.88. The molecule has 1 saturated carbocycles. The highest BCUT2D eigenvalue weighted by molar-refractivity contribution is 4.74. The van der Waals surface area contributed by atoms with Gasteiger partial charge in [0.2, 0.25) is 0 Å². The Labute approximate surface area is 124 Å². The standard InChI is InChI=1S/C16H33NO3/c1-4-7-14(11-19-3)17-10-15(18)12-20-16-9-6-5-8-13(16)2/h13-18H,4-12H2,1-3H3. The van der Waals surface area contributed by atoms with Gasteiger partial charge in [0, 0.05) is 19.7 Å². The van der Waals surface area contributed by atoms with Gasteiger partial charge in [-0.1, -0.05) is 33.1 Å². The van der Waals surface area contributed by atoms with Gasteiger partial charge in [-0.2, -0.15) is 0 Å². The summed E-state index contributed by atoms with van der Waals surface area (Å²) < 4.78 is 11.1. The van der Waals surface area contributed by atoms with Gasteiger partial charge in [0.25, 0.3) is 0 Å². The number of aliphatic hydroxyl groups is 1. The molecule has 4 atom stereocenters. The largest absolute Gasteiger partial charge is 0.389 e. The van der Waals surface area contributed by atoms with Crippen molar-refractivity contribution >= 4 is 0 Å². The van der Waals surface area contributed by atoms with Crippen LogP contribution in [0.5, 0.6) is 0 Å². The minimum atomic E-state index is -0.430. The summed E-state index contributed by atoms with van der Waals surface area (Å²) in [6.45, 7) is 6.13. The van der Waals surface area contributed by atoms with Crippen molar-refractivity contribution in [2.75, 3.05) is 26.9 Å². The molecule has 0 aliphatic heterocycles. The highest BCUT2D eigenvalue weighted by Crippen LogP contribution is 2.26. The van der Waals surface area contributed by atoms with E-state index in [-0.39, 0.29) is 0 Å². The first-order valence-corrected chi connectivity index (χ1v) is 8.19. The highest BCUT2D eigenvalue weighted by Gasteiger charge is 2.22. The van der Waals surface area contributed by atoms with Gasteiger partial charge in [0.1, 0.15) is 0 Å². The van der Waals surface area contributed by atoms with Crippen LogP contribution in [0.15, 0.2) is 0 Å². The zero-order chi connectivity index (χ0) is 14.8. The van der Waals surface area contributed by atoms with Crippen molar-refractivity contribution in [1.82, 2.24) is 5.32 Å². The molecule has 0 bridgehead atoms. The third kappa shape index (κ3) is 7.02. The van der Waals surface area contributed by atoms with Crippen LogP contribution < -0.4 is 5.32 Å². The maximum atomic E-state index is 10.0. The average Bonchev–Trinajstić information content (AvgIpc) is 2.44. The summed E-state index contributed by atoms with van der Waals surface area (Å²) in [4.78, 5) is 0. The smallest absolute Gasteiger partial charge is 0.0897 e. The molecular formula is C16H33NO3. The summed E-state index contributed by atoms with van der Waals surface area (Å²) >= 11 is 0. The van der Waals surface area contributed by atoms with Crippen LogP contribution in [0.3, 0.4) is 0 Å². The minimum Gasteiger partial charge on any atom is -0.389 e. The van der Waals surface area contributed by atoms with E-state index in [4.69, 9.17) is 9.47 Å². The van der Waals surface area contributed by atoms with Gasteiger partial charge in [-0.3, -0.25) is 0 Å². The van der Waals surface area contributed by atoms with E-state index in [9.17, 15) is 5.11 Å². The average molecular weight is 287 g/mol. The molecule has 2 N–H and O–H groups in total.